The van der Waals surface area contributed by atoms with Gasteiger partial charge in [0.1, 0.15) is 5.75 Å². The summed E-state index contributed by atoms with van der Waals surface area (Å²) in [7, 11) is 4.31. The Kier molecular flexibility index (Phi) is 7.53. The molecule has 0 amide bonds. The van der Waals surface area contributed by atoms with Crippen molar-refractivity contribution in [3.8, 4) is 5.75 Å². The Labute approximate surface area is 147 Å². The van der Waals surface area contributed by atoms with E-state index in [9.17, 15) is 0 Å². The van der Waals surface area contributed by atoms with Crippen LogP contribution in [0.3, 0.4) is 0 Å². The van der Waals surface area contributed by atoms with Gasteiger partial charge in [0.2, 0.25) is 0 Å². The van der Waals surface area contributed by atoms with Crippen LogP contribution in [-0.2, 0) is 10.2 Å². The Morgan fingerprint density at radius 1 is 1.17 bits per heavy atom. The molecule has 136 valence electrons. The lowest BCUT2D eigenvalue weighted by molar-refractivity contribution is 0.0401. The second kappa shape index (κ2) is 9.40. The molecule has 0 radical (unpaired) electrons. The Balaban J connectivity index is 1.91. The summed E-state index contributed by atoms with van der Waals surface area (Å²) in [4.78, 5) is 2.29. The van der Waals surface area contributed by atoms with Crippen molar-refractivity contribution in [1.82, 2.24) is 10.2 Å². The van der Waals surface area contributed by atoms with Crippen molar-refractivity contribution in [2.45, 2.75) is 44.6 Å². The summed E-state index contributed by atoms with van der Waals surface area (Å²) >= 11 is 0. The fraction of sp³-hybridized carbons (Fsp3) is 0.700. The maximum absolute atomic E-state index is 5.87. The van der Waals surface area contributed by atoms with E-state index in [-0.39, 0.29) is 5.41 Å². The molecule has 1 heterocycles. The highest BCUT2D eigenvalue weighted by atomic mass is 16.5. The maximum Gasteiger partial charge on any atom is 0.119 e. The van der Waals surface area contributed by atoms with Crippen molar-refractivity contribution in [1.29, 1.82) is 0 Å². The summed E-state index contributed by atoms with van der Waals surface area (Å²) in [5.74, 6) is 0.968. The molecule has 1 aromatic rings. The molecular weight excluding hydrogens is 300 g/mol. The van der Waals surface area contributed by atoms with E-state index in [4.69, 9.17) is 9.47 Å². The standard InChI is InChI=1S/C20H34N2O2/c1-17(2)21-12-5-13-24-19-8-6-18(7-9-19)20(16-22(3)4)10-14-23-15-11-20/h6-9,17,21H,5,10-16H2,1-4H3. The lowest BCUT2D eigenvalue weighted by atomic mass is 9.74. The monoisotopic (exact) mass is 334 g/mol. The first kappa shape index (κ1) is 19.2. The largest absolute Gasteiger partial charge is 0.494 e. The minimum Gasteiger partial charge on any atom is -0.494 e. The Morgan fingerprint density at radius 3 is 2.42 bits per heavy atom. The van der Waals surface area contributed by atoms with Gasteiger partial charge >= 0.3 is 0 Å². The van der Waals surface area contributed by atoms with Crippen molar-refractivity contribution in [3.63, 3.8) is 0 Å². The van der Waals surface area contributed by atoms with Crippen LogP contribution < -0.4 is 10.1 Å². The summed E-state index contributed by atoms with van der Waals surface area (Å²) in [5.41, 5.74) is 1.62. The van der Waals surface area contributed by atoms with Crippen molar-refractivity contribution < 1.29 is 9.47 Å². The average molecular weight is 335 g/mol. The first-order valence-corrected chi connectivity index (χ1v) is 9.21. The summed E-state index contributed by atoms with van der Waals surface area (Å²) < 4.78 is 11.5. The number of rotatable bonds is 9. The molecule has 0 atom stereocenters. The third kappa shape index (κ3) is 5.76. The van der Waals surface area contributed by atoms with Gasteiger partial charge in [0.15, 0.2) is 0 Å². The first-order chi connectivity index (χ1) is 11.5. The quantitative estimate of drug-likeness (QED) is 0.704. The van der Waals surface area contributed by atoms with Gasteiger partial charge in [-0.3, -0.25) is 0 Å². The zero-order valence-corrected chi connectivity index (χ0v) is 15.8. The molecule has 24 heavy (non-hydrogen) atoms. The highest BCUT2D eigenvalue weighted by Gasteiger charge is 2.34. The van der Waals surface area contributed by atoms with Crippen LogP contribution in [0.15, 0.2) is 24.3 Å². The number of ether oxygens (including phenoxy) is 2. The zero-order chi connectivity index (χ0) is 17.4. The van der Waals surface area contributed by atoms with Crippen LogP contribution in [0.1, 0.15) is 38.7 Å². The van der Waals surface area contributed by atoms with E-state index < -0.39 is 0 Å². The van der Waals surface area contributed by atoms with Crippen LogP contribution in [0.2, 0.25) is 0 Å². The summed E-state index contributed by atoms with van der Waals surface area (Å²) in [6.45, 7) is 8.87. The van der Waals surface area contributed by atoms with Crippen LogP contribution in [0.5, 0.6) is 5.75 Å². The number of hydrogen-bond acceptors (Lipinski definition) is 4. The number of benzene rings is 1. The second-order valence-corrected chi connectivity index (χ2v) is 7.47. The van der Waals surface area contributed by atoms with Crippen molar-refractivity contribution in [2.75, 3.05) is 47.0 Å². The van der Waals surface area contributed by atoms with Crippen molar-refractivity contribution in [3.05, 3.63) is 29.8 Å². The Hall–Kier alpha value is -1.10. The van der Waals surface area contributed by atoms with Crippen molar-refractivity contribution in [2.24, 2.45) is 0 Å². The topological polar surface area (TPSA) is 33.7 Å². The molecule has 4 nitrogen and oxygen atoms in total. The lowest BCUT2D eigenvalue weighted by Gasteiger charge is -2.39. The van der Waals surface area contributed by atoms with Gasteiger partial charge in [-0.05, 0) is 57.6 Å². The molecule has 1 saturated heterocycles. The third-order valence-electron chi connectivity index (χ3n) is 4.68. The van der Waals surface area contributed by atoms with E-state index in [1.807, 2.05) is 0 Å². The lowest BCUT2D eigenvalue weighted by Crippen LogP contribution is -2.42. The molecule has 1 N–H and O–H groups in total. The highest BCUT2D eigenvalue weighted by molar-refractivity contribution is 5.33. The van der Waals surface area contributed by atoms with Crippen LogP contribution in [0, 0.1) is 0 Å². The van der Waals surface area contributed by atoms with E-state index >= 15 is 0 Å². The molecule has 0 bridgehead atoms. The van der Waals surface area contributed by atoms with Gasteiger partial charge in [-0.25, -0.2) is 0 Å². The number of hydrogen-bond donors (Lipinski definition) is 1. The molecule has 0 saturated carbocycles. The maximum atomic E-state index is 5.87. The summed E-state index contributed by atoms with van der Waals surface area (Å²) in [5, 5.41) is 3.41. The summed E-state index contributed by atoms with van der Waals surface area (Å²) in [6, 6.07) is 9.28. The van der Waals surface area contributed by atoms with Crippen LogP contribution in [-0.4, -0.2) is 57.9 Å². The minimum absolute atomic E-state index is 0.210. The smallest absolute Gasteiger partial charge is 0.119 e. The molecule has 1 fully saturated rings. The molecule has 1 aromatic carbocycles. The molecule has 4 heteroatoms. The zero-order valence-electron chi connectivity index (χ0n) is 15.8. The molecule has 0 spiro atoms. The molecule has 0 unspecified atom stereocenters. The minimum atomic E-state index is 0.210. The Bertz CT molecular complexity index is 465. The SMILES string of the molecule is CC(C)NCCCOc1ccc(C2(CN(C)C)CCOCC2)cc1. The molecule has 0 aliphatic carbocycles. The van der Waals surface area contributed by atoms with Gasteiger partial charge in [-0.1, -0.05) is 26.0 Å². The average Bonchev–Trinajstić information content (AvgIpc) is 2.55. The number of likely N-dealkylation sites (N-methyl/N-ethyl adjacent to an activating group) is 1. The van der Waals surface area contributed by atoms with Crippen LogP contribution in [0.4, 0.5) is 0 Å². The number of nitrogens with one attached hydrogen (secondary N) is 1. The molecule has 2 rings (SSSR count). The van der Waals surface area contributed by atoms with Crippen molar-refractivity contribution >= 4 is 0 Å². The first-order valence-electron chi connectivity index (χ1n) is 9.21. The molecule has 0 aromatic heterocycles. The fourth-order valence-electron chi connectivity index (χ4n) is 3.46. The van der Waals surface area contributed by atoms with Gasteiger partial charge in [0.25, 0.3) is 0 Å². The summed E-state index contributed by atoms with van der Waals surface area (Å²) in [6.07, 6.45) is 3.21. The van der Waals surface area contributed by atoms with E-state index in [1.54, 1.807) is 0 Å². The van der Waals surface area contributed by atoms with E-state index in [0.717, 1.165) is 57.9 Å². The highest BCUT2D eigenvalue weighted by Crippen LogP contribution is 2.36. The Morgan fingerprint density at radius 2 is 1.83 bits per heavy atom. The third-order valence-corrected chi connectivity index (χ3v) is 4.68. The number of nitrogens with zero attached hydrogens (tertiary/aromatic N) is 1. The van der Waals surface area contributed by atoms with Gasteiger partial charge in [-0.15, -0.1) is 0 Å². The molecular formula is C20H34N2O2. The normalized spacial score (nSPS) is 17.4. The predicted octanol–water partition coefficient (Wildman–Crippen LogP) is 3.06. The van der Waals surface area contributed by atoms with E-state index in [2.05, 4.69) is 62.4 Å². The van der Waals surface area contributed by atoms with E-state index in [0.29, 0.717) is 6.04 Å². The van der Waals surface area contributed by atoms with Gasteiger partial charge in [0, 0.05) is 31.2 Å². The van der Waals surface area contributed by atoms with Gasteiger partial charge < -0.3 is 19.7 Å². The van der Waals surface area contributed by atoms with Crippen LogP contribution >= 0.6 is 0 Å². The molecule has 1 aliphatic heterocycles. The van der Waals surface area contributed by atoms with Gasteiger partial charge in [0.05, 0.1) is 6.61 Å². The van der Waals surface area contributed by atoms with Gasteiger partial charge in [-0.2, -0.15) is 0 Å². The van der Waals surface area contributed by atoms with E-state index in [1.165, 1.54) is 5.56 Å². The molecule has 1 aliphatic rings. The second-order valence-electron chi connectivity index (χ2n) is 7.47. The van der Waals surface area contributed by atoms with Crippen LogP contribution in [0.25, 0.3) is 0 Å². The predicted molar refractivity (Wildman–Crippen MR) is 100.0 cm³/mol. The fourth-order valence-corrected chi connectivity index (χ4v) is 3.46.